The van der Waals surface area contributed by atoms with Crippen LogP contribution >= 0.6 is 0 Å². The van der Waals surface area contributed by atoms with Crippen molar-refractivity contribution in [2.75, 3.05) is 18.2 Å². The number of aryl methyl sites for hydroxylation is 1. The minimum absolute atomic E-state index is 0.284. The van der Waals surface area contributed by atoms with Crippen LogP contribution in [-0.2, 0) is 13.0 Å². The van der Waals surface area contributed by atoms with Gasteiger partial charge in [0.15, 0.2) is 6.73 Å². The molecule has 4 aromatic rings. The summed E-state index contributed by atoms with van der Waals surface area (Å²) in [5.41, 5.74) is 5.01. The Balaban J connectivity index is 1.44. The normalized spacial score (nSPS) is 12.9. The Bertz CT molecular complexity index is 1340. The fourth-order valence-electron chi connectivity index (χ4n) is 4.42. The number of nitrogens with zero attached hydrogens (tertiary/aromatic N) is 1. The lowest BCUT2D eigenvalue weighted by molar-refractivity contribution is 0.288. The number of ether oxygens (including phenoxy) is 2. The molecule has 0 unspecified atom stereocenters. The van der Waals surface area contributed by atoms with Gasteiger partial charge in [0, 0.05) is 23.1 Å². The van der Waals surface area contributed by atoms with Crippen molar-refractivity contribution >= 4 is 16.7 Å². The molecule has 1 aliphatic heterocycles. The highest BCUT2D eigenvalue weighted by atomic mass is 16.5. The van der Waals surface area contributed by atoms with Gasteiger partial charge in [-0.15, -0.1) is 0 Å². The highest BCUT2D eigenvalue weighted by Gasteiger charge is 2.23. The fourth-order valence-corrected chi connectivity index (χ4v) is 4.42. The van der Waals surface area contributed by atoms with Crippen LogP contribution in [-0.4, -0.2) is 13.3 Å². The third-order valence-electron chi connectivity index (χ3n) is 6.43. The Morgan fingerprint density at radius 2 is 1.79 bits per heavy atom. The van der Waals surface area contributed by atoms with Gasteiger partial charge in [0.2, 0.25) is 0 Å². The Morgan fingerprint density at radius 3 is 2.56 bits per heavy atom. The largest absolute Gasteiger partial charge is 0.494 e. The minimum atomic E-state index is -0.284. The van der Waals surface area contributed by atoms with Gasteiger partial charge in [-0.3, -0.25) is 0 Å². The van der Waals surface area contributed by atoms with Gasteiger partial charge in [-0.05, 0) is 60.9 Å². The lowest BCUT2D eigenvalue weighted by Crippen LogP contribution is -2.32. The average molecular weight is 456 g/mol. The summed E-state index contributed by atoms with van der Waals surface area (Å²) in [6.07, 6.45) is 2.71. The lowest BCUT2D eigenvalue weighted by atomic mass is 9.97. The Morgan fingerprint density at radius 1 is 1.00 bits per heavy atom. The standard InChI is InChI=1S/C29H29NO4/c1-3-4-16-32-23-12-10-22(11-13-23)30-18-26-27(33-19-30)15-14-24-20(2)25(29(31)34-28(24)26)17-21-8-6-5-7-9-21/h5-15H,3-4,16-19H2,1-2H3. The van der Waals surface area contributed by atoms with E-state index in [1.54, 1.807) is 0 Å². The maximum Gasteiger partial charge on any atom is 0.340 e. The first-order valence-electron chi connectivity index (χ1n) is 11.9. The van der Waals surface area contributed by atoms with Gasteiger partial charge >= 0.3 is 5.63 Å². The average Bonchev–Trinajstić information content (AvgIpc) is 2.87. The molecule has 0 saturated carbocycles. The lowest BCUT2D eigenvalue weighted by Gasteiger charge is -2.31. The molecule has 0 atom stereocenters. The summed E-state index contributed by atoms with van der Waals surface area (Å²) in [4.78, 5) is 15.1. The number of unbranched alkanes of at least 4 members (excludes halogenated alkanes) is 1. The molecular weight excluding hydrogens is 426 g/mol. The second-order valence-electron chi connectivity index (χ2n) is 8.74. The highest BCUT2D eigenvalue weighted by molar-refractivity contribution is 5.86. The van der Waals surface area contributed by atoms with E-state index >= 15 is 0 Å². The quantitative estimate of drug-likeness (QED) is 0.244. The van der Waals surface area contributed by atoms with E-state index in [9.17, 15) is 4.79 Å². The van der Waals surface area contributed by atoms with Crippen molar-refractivity contribution in [2.45, 2.75) is 39.7 Å². The molecule has 0 N–H and O–H groups in total. The first kappa shape index (κ1) is 22.1. The summed E-state index contributed by atoms with van der Waals surface area (Å²) >= 11 is 0. The molecule has 0 spiro atoms. The third-order valence-corrected chi connectivity index (χ3v) is 6.43. The predicted molar refractivity (Wildman–Crippen MR) is 135 cm³/mol. The van der Waals surface area contributed by atoms with Crippen molar-refractivity contribution in [1.29, 1.82) is 0 Å². The molecule has 0 bridgehead atoms. The van der Waals surface area contributed by atoms with E-state index < -0.39 is 0 Å². The van der Waals surface area contributed by atoms with E-state index in [4.69, 9.17) is 13.9 Å². The van der Waals surface area contributed by atoms with Crippen LogP contribution in [0.1, 0.15) is 42.0 Å². The molecular formula is C29H29NO4. The van der Waals surface area contributed by atoms with Gasteiger partial charge in [0.05, 0.1) is 18.7 Å². The molecule has 0 amide bonds. The predicted octanol–water partition coefficient (Wildman–Crippen LogP) is 6.23. The summed E-state index contributed by atoms with van der Waals surface area (Å²) in [5.74, 6) is 1.63. The number of rotatable bonds is 7. The molecule has 5 rings (SSSR count). The van der Waals surface area contributed by atoms with Crippen LogP contribution in [0.3, 0.4) is 0 Å². The van der Waals surface area contributed by atoms with Crippen LogP contribution in [0.4, 0.5) is 5.69 Å². The van der Waals surface area contributed by atoms with Gasteiger partial charge in [-0.25, -0.2) is 4.79 Å². The summed E-state index contributed by atoms with van der Waals surface area (Å²) in [6.45, 7) is 5.92. The molecule has 1 aromatic heterocycles. The maximum atomic E-state index is 13.0. The summed E-state index contributed by atoms with van der Waals surface area (Å²) < 4.78 is 17.8. The zero-order chi connectivity index (χ0) is 23.5. The minimum Gasteiger partial charge on any atom is -0.494 e. The molecule has 3 aromatic carbocycles. The van der Waals surface area contributed by atoms with Gasteiger partial charge in [-0.2, -0.15) is 0 Å². The monoisotopic (exact) mass is 455 g/mol. The Hall–Kier alpha value is -3.73. The van der Waals surface area contributed by atoms with Crippen molar-refractivity contribution in [2.24, 2.45) is 0 Å². The van der Waals surface area contributed by atoms with Crippen LogP contribution in [0.5, 0.6) is 11.5 Å². The van der Waals surface area contributed by atoms with E-state index in [-0.39, 0.29) is 5.63 Å². The molecule has 5 nitrogen and oxygen atoms in total. The molecule has 1 aliphatic rings. The number of hydrogen-bond acceptors (Lipinski definition) is 5. The first-order chi connectivity index (χ1) is 16.6. The van der Waals surface area contributed by atoms with E-state index in [0.29, 0.717) is 30.8 Å². The Kier molecular flexibility index (Phi) is 6.26. The second-order valence-corrected chi connectivity index (χ2v) is 8.74. The van der Waals surface area contributed by atoms with Crippen molar-refractivity contribution in [1.82, 2.24) is 0 Å². The topological polar surface area (TPSA) is 51.9 Å². The summed E-state index contributed by atoms with van der Waals surface area (Å²) in [6, 6.07) is 22.1. The number of hydrogen-bond donors (Lipinski definition) is 0. The van der Waals surface area contributed by atoms with Crippen LogP contribution in [0.25, 0.3) is 11.0 Å². The smallest absolute Gasteiger partial charge is 0.340 e. The van der Waals surface area contributed by atoms with Crippen LogP contribution in [0.15, 0.2) is 75.9 Å². The summed E-state index contributed by atoms with van der Waals surface area (Å²) in [7, 11) is 0. The second kappa shape index (κ2) is 9.64. The van der Waals surface area contributed by atoms with Gasteiger partial charge < -0.3 is 18.8 Å². The van der Waals surface area contributed by atoms with E-state index in [2.05, 4.69) is 11.8 Å². The van der Waals surface area contributed by atoms with Crippen LogP contribution in [0.2, 0.25) is 0 Å². The van der Waals surface area contributed by atoms with Crippen molar-refractivity contribution in [3.63, 3.8) is 0 Å². The van der Waals surface area contributed by atoms with Crippen molar-refractivity contribution < 1.29 is 13.9 Å². The maximum absolute atomic E-state index is 13.0. The summed E-state index contributed by atoms with van der Waals surface area (Å²) in [5, 5.41) is 0.953. The van der Waals surface area contributed by atoms with Gasteiger partial charge in [-0.1, -0.05) is 43.7 Å². The number of fused-ring (bicyclic) bond motifs is 3. The highest BCUT2D eigenvalue weighted by Crippen LogP contribution is 2.35. The van der Waals surface area contributed by atoms with Crippen LogP contribution in [0, 0.1) is 6.92 Å². The van der Waals surface area contributed by atoms with E-state index in [1.165, 1.54) is 0 Å². The zero-order valence-electron chi connectivity index (χ0n) is 19.7. The molecule has 174 valence electrons. The molecule has 0 aliphatic carbocycles. The van der Waals surface area contributed by atoms with E-state index in [1.807, 2.05) is 73.7 Å². The molecule has 34 heavy (non-hydrogen) atoms. The Labute approximate surface area is 199 Å². The SMILES string of the molecule is CCCCOc1ccc(N2COc3ccc4c(C)c(Cc5ccccc5)c(=O)oc4c3C2)cc1. The fraction of sp³-hybridized carbons (Fsp3) is 0.276. The zero-order valence-corrected chi connectivity index (χ0v) is 19.7. The number of anilines is 1. The van der Waals surface area contributed by atoms with Gasteiger partial charge in [0.25, 0.3) is 0 Å². The number of benzene rings is 3. The molecule has 2 heterocycles. The first-order valence-corrected chi connectivity index (χ1v) is 11.9. The molecule has 0 saturated heterocycles. The van der Waals surface area contributed by atoms with E-state index in [0.717, 1.165) is 58.7 Å². The molecule has 0 fully saturated rings. The molecule has 5 heteroatoms. The van der Waals surface area contributed by atoms with Crippen molar-refractivity contribution in [3.05, 3.63) is 99.4 Å². The third kappa shape index (κ3) is 4.38. The van der Waals surface area contributed by atoms with Crippen molar-refractivity contribution in [3.8, 4) is 11.5 Å². The molecule has 0 radical (unpaired) electrons. The van der Waals surface area contributed by atoms with Crippen LogP contribution < -0.4 is 20.0 Å². The van der Waals surface area contributed by atoms with Gasteiger partial charge in [0.1, 0.15) is 17.1 Å².